The number of benzene rings is 1. The molecule has 0 fully saturated rings. The molecule has 0 aromatic heterocycles. The molecule has 1 amide bonds. The Morgan fingerprint density at radius 1 is 1.24 bits per heavy atom. The molecule has 0 heterocycles. The lowest BCUT2D eigenvalue weighted by Gasteiger charge is -2.28. The van der Waals surface area contributed by atoms with Gasteiger partial charge in [-0.15, -0.1) is 0 Å². The molecule has 0 aliphatic heterocycles. The second kappa shape index (κ2) is 6.61. The third kappa shape index (κ3) is 5.45. The lowest BCUT2D eigenvalue weighted by molar-refractivity contribution is -0.142. The molecule has 116 valence electrons. The standard InChI is InChI=1S/C16H23NO4/c1-11-6-8-12(9-7-11)10-13(14(18)19)17(5)15(20)21-16(2,3)4/h6-9,13H,10H2,1-5H3,(H,18,19)/t13-/m0/s1. The summed E-state index contributed by atoms with van der Waals surface area (Å²) in [6.45, 7) is 7.20. The van der Waals surface area contributed by atoms with Crippen molar-refractivity contribution in [3.8, 4) is 0 Å². The van der Waals surface area contributed by atoms with Gasteiger partial charge in [0.25, 0.3) is 0 Å². The van der Waals surface area contributed by atoms with Gasteiger partial charge in [-0.2, -0.15) is 0 Å². The van der Waals surface area contributed by atoms with Crippen molar-refractivity contribution in [3.63, 3.8) is 0 Å². The summed E-state index contributed by atoms with van der Waals surface area (Å²) >= 11 is 0. The molecular formula is C16H23NO4. The summed E-state index contributed by atoms with van der Waals surface area (Å²) in [4.78, 5) is 24.6. The van der Waals surface area contributed by atoms with E-state index in [0.29, 0.717) is 0 Å². The van der Waals surface area contributed by atoms with E-state index in [4.69, 9.17) is 4.74 Å². The number of carboxylic acid groups (broad SMARTS) is 1. The van der Waals surface area contributed by atoms with Crippen LogP contribution in [0.2, 0.25) is 0 Å². The molecule has 0 aliphatic rings. The van der Waals surface area contributed by atoms with Crippen LogP contribution >= 0.6 is 0 Å². The van der Waals surface area contributed by atoms with Crippen molar-refractivity contribution < 1.29 is 19.4 Å². The number of nitrogens with zero attached hydrogens (tertiary/aromatic N) is 1. The van der Waals surface area contributed by atoms with Crippen LogP contribution in [-0.4, -0.2) is 40.8 Å². The van der Waals surface area contributed by atoms with E-state index in [9.17, 15) is 14.7 Å². The number of ether oxygens (including phenoxy) is 1. The Labute approximate surface area is 125 Å². The highest BCUT2D eigenvalue weighted by Gasteiger charge is 2.30. The molecule has 1 aromatic rings. The molecule has 5 nitrogen and oxygen atoms in total. The Bertz CT molecular complexity index is 502. The van der Waals surface area contributed by atoms with Gasteiger partial charge >= 0.3 is 12.1 Å². The number of carboxylic acids is 1. The van der Waals surface area contributed by atoms with Crippen LogP contribution in [0.4, 0.5) is 4.79 Å². The van der Waals surface area contributed by atoms with Crippen LogP contribution in [0.15, 0.2) is 24.3 Å². The largest absolute Gasteiger partial charge is 0.480 e. The van der Waals surface area contributed by atoms with Crippen molar-refractivity contribution >= 4 is 12.1 Å². The highest BCUT2D eigenvalue weighted by Crippen LogP contribution is 2.14. The minimum absolute atomic E-state index is 0.241. The lowest BCUT2D eigenvalue weighted by atomic mass is 10.0. The van der Waals surface area contributed by atoms with Crippen molar-refractivity contribution in [2.45, 2.75) is 45.8 Å². The fraction of sp³-hybridized carbons (Fsp3) is 0.500. The highest BCUT2D eigenvalue weighted by atomic mass is 16.6. The Morgan fingerprint density at radius 3 is 2.19 bits per heavy atom. The third-order valence-corrected chi connectivity index (χ3v) is 2.98. The van der Waals surface area contributed by atoms with Crippen molar-refractivity contribution in [1.29, 1.82) is 0 Å². The lowest BCUT2D eigenvalue weighted by Crippen LogP contribution is -2.46. The van der Waals surface area contributed by atoms with Crippen LogP contribution in [0.5, 0.6) is 0 Å². The number of carbonyl (C=O) groups excluding carboxylic acids is 1. The average Bonchev–Trinajstić information content (AvgIpc) is 2.34. The highest BCUT2D eigenvalue weighted by molar-refractivity contribution is 5.80. The minimum Gasteiger partial charge on any atom is -0.480 e. The number of carbonyl (C=O) groups is 2. The summed E-state index contributed by atoms with van der Waals surface area (Å²) < 4.78 is 5.21. The maximum atomic E-state index is 12.0. The van der Waals surface area contributed by atoms with Gasteiger partial charge in [0, 0.05) is 13.5 Å². The quantitative estimate of drug-likeness (QED) is 0.927. The zero-order chi connectivity index (χ0) is 16.2. The first kappa shape index (κ1) is 17.0. The number of hydrogen-bond donors (Lipinski definition) is 1. The topological polar surface area (TPSA) is 66.8 Å². The summed E-state index contributed by atoms with van der Waals surface area (Å²) in [7, 11) is 1.45. The van der Waals surface area contributed by atoms with Gasteiger partial charge in [0.2, 0.25) is 0 Å². The normalized spacial score (nSPS) is 12.6. The molecule has 0 radical (unpaired) electrons. The molecule has 5 heteroatoms. The zero-order valence-electron chi connectivity index (χ0n) is 13.2. The maximum absolute atomic E-state index is 12.0. The Hall–Kier alpha value is -2.04. The molecule has 0 saturated carbocycles. The Kier molecular flexibility index (Phi) is 5.35. The van der Waals surface area contributed by atoms with Gasteiger partial charge in [-0.25, -0.2) is 9.59 Å². The Balaban J connectivity index is 2.83. The average molecular weight is 293 g/mol. The number of rotatable bonds is 4. The molecule has 1 rings (SSSR count). The van der Waals surface area contributed by atoms with Crippen LogP contribution in [0.3, 0.4) is 0 Å². The first-order valence-electron chi connectivity index (χ1n) is 6.84. The number of hydrogen-bond acceptors (Lipinski definition) is 3. The van der Waals surface area contributed by atoms with Gasteiger partial charge in [0.05, 0.1) is 0 Å². The molecule has 0 aliphatic carbocycles. The maximum Gasteiger partial charge on any atom is 0.410 e. The zero-order valence-corrected chi connectivity index (χ0v) is 13.2. The summed E-state index contributed by atoms with van der Waals surface area (Å²) in [6, 6.07) is 6.62. The number of aliphatic carboxylic acids is 1. The van der Waals surface area contributed by atoms with Gasteiger partial charge < -0.3 is 9.84 Å². The van der Waals surface area contributed by atoms with Gasteiger partial charge in [0.15, 0.2) is 0 Å². The molecule has 1 aromatic carbocycles. The van der Waals surface area contributed by atoms with E-state index in [1.807, 2.05) is 31.2 Å². The summed E-state index contributed by atoms with van der Waals surface area (Å²) in [6.07, 6.45) is -0.396. The van der Waals surface area contributed by atoms with Gasteiger partial charge in [-0.3, -0.25) is 4.90 Å². The van der Waals surface area contributed by atoms with Gasteiger partial charge in [-0.05, 0) is 33.3 Å². The SMILES string of the molecule is Cc1ccc(C[C@@H](C(=O)O)N(C)C(=O)OC(C)(C)C)cc1. The first-order valence-corrected chi connectivity index (χ1v) is 6.84. The molecule has 0 saturated heterocycles. The molecular weight excluding hydrogens is 270 g/mol. The smallest absolute Gasteiger partial charge is 0.410 e. The summed E-state index contributed by atoms with van der Waals surface area (Å²) in [5, 5.41) is 9.36. The van der Waals surface area contributed by atoms with Crippen molar-refractivity contribution in [2.75, 3.05) is 7.05 Å². The van der Waals surface area contributed by atoms with E-state index in [-0.39, 0.29) is 6.42 Å². The third-order valence-electron chi connectivity index (χ3n) is 2.98. The number of likely N-dealkylation sites (N-methyl/N-ethyl adjacent to an activating group) is 1. The van der Waals surface area contributed by atoms with E-state index in [1.165, 1.54) is 7.05 Å². The molecule has 21 heavy (non-hydrogen) atoms. The van der Waals surface area contributed by atoms with Crippen molar-refractivity contribution in [2.24, 2.45) is 0 Å². The summed E-state index contributed by atoms with van der Waals surface area (Å²) in [5.74, 6) is -1.05. The van der Waals surface area contributed by atoms with Crippen LogP contribution in [-0.2, 0) is 16.0 Å². The molecule has 0 spiro atoms. The fourth-order valence-electron chi connectivity index (χ4n) is 1.80. The molecule has 1 N–H and O–H groups in total. The Morgan fingerprint density at radius 2 is 1.76 bits per heavy atom. The van der Waals surface area contributed by atoms with E-state index in [0.717, 1.165) is 16.0 Å². The van der Waals surface area contributed by atoms with E-state index < -0.39 is 23.7 Å². The second-order valence-electron chi connectivity index (χ2n) is 6.14. The van der Waals surface area contributed by atoms with E-state index in [2.05, 4.69) is 0 Å². The molecule has 1 atom stereocenters. The first-order chi connectivity index (χ1) is 9.60. The van der Waals surface area contributed by atoms with Crippen LogP contribution < -0.4 is 0 Å². The number of aryl methyl sites for hydroxylation is 1. The van der Waals surface area contributed by atoms with Crippen molar-refractivity contribution in [1.82, 2.24) is 4.90 Å². The predicted molar refractivity (Wildman–Crippen MR) is 80.3 cm³/mol. The number of amides is 1. The molecule has 0 bridgehead atoms. The monoisotopic (exact) mass is 293 g/mol. The van der Waals surface area contributed by atoms with E-state index >= 15 is 0 Å². The van der Waals surface area contributed by atoms with Gasteiger partial charge in [0.1, 0.15) is 11.6 Å². The van der Waals surface area contributed by atoms with Crippen LogP contribution in [0.25, 0.3) is 0 Å². The fourth-order valence-corrected chi connectivity index (χ4v) is 1.80. The minimum atomic E-state index is -1.05. The van der Waals surface area contributed by atoms with E-state index in [1.54, 1.807) is 20.8 Å². The molecule has 0 unspecified atom stereocenters. The second-order valence-corrected chi connectivity index (χ2v) is 6.14. The van der Waals surface area contributed by atoms with Crippen LogP contribution in [0, 0.1) is 6.92 Å². The van der Waals surface area contributed by atoms with Crippen molar-refractivity contribution in [3.05, 3.63) is 35.4 Å². The van der Waals surface area contributed by atoms with Gasteiger partial charge in [-0.1, -0.05) is 29.8 Å². The van der Waals surface area contributed by atoms with Crippen LogP contribution in [0.1, 0.15) is 31.9 Å². The summed E-state index contributed by atoms with van der Waals surface area (Å²) in [5.41, 5.74) is 1.31. The predicted octanol–water partition coefficient (Wildman–Crippen LogP) is 2.86.